The summed E-state index contributed by atoms with van der Waals surface area (Å²) in [5.74, 6) is 1.19. The van der Waals surface area contributed by atoms with Gasteiger partial charge in [0.2, 0.25) is 5.91 Å². The van der Waals surface area contributed by atoms with Crippen molar-refractivity contribution in [2.45, 2.75) is 32.4 Å². The summed E-state index contributed by atoms with van der Waals surface area (Å²) in [6, 6.07) is 10.6. The molecule has 9 nitrogen and oxygen atoms in total. The number of ether oxygens (including phenoxy) is 1. The molecule has 2 saturated heterocycles. The highest BCUT2D eigenvalue weighted by Crippen LogP contribution is 2.16. The summed E-state index contributed by atoms with van der Waals surface area (Å²) in [5, 5.41) is 15.0. The van der Waals surface area contributed by atoms with E-state index >= 15 is 0 Å². The van der Waals surface area contributed by atoms with Gasteiger partial charge in [-0.25, -0.2) is 4.68 Å². The second-order valence-electron chi connectivity index (χ2n) is 8.49. The quantitative estimate of drug-likeness (QED) is 0.626. The van der Waals surface area contributed by atoms with Gasteiger partial charge in [-0.3, -0.25) is 9.69 Å². The van der Waals surface area contributed by atoms with Crippen LogP contribution in [-0.2, 0) is 29.0 Å². The normalized spacial score (nSPS) is 20.6. The summed E-state index contributed by atoms with van der Waals surface area (Å²) in [5.41, 5.74) is 1.38. The van der Waals surface area contributed by atoms with Crippen LogP contribution in [0.15, 0.2) is 30.3 Å². The monoisotopic (exact) mass is 427 g/mol. The van der Waals surface area contributed by atoms with Crippen LogP contribution < -0.4 is 5.32 Å². The highest BCUT2D eigenvalue weighted by Gasteiger charge is 2.21. The number of rotatable bonds is 9. The second kappa shape index (κ2) is 11.3. The van der Waals surface area contributed by atoms with Crippen LogP contribution in [0.5, 0.6) is 0 Å². The fourth-order valence-electron chi connectivity index (χ4n) is 4.32. The molecule has 168 valence electrons. The van der Waals surface area contributed by atoms with E-state index in [1.54, 1.807) is 4.68 Å². The van der Waals surface area contributed by atoms with E-state index in [1.807, 2.05) is 0 Å². The molecule has 9 heteroatoms. The number of hydrogen-bond acceptors (Lipinski definition) is 7. The van der Waals surface area contributed by atoms with Crippen LogP contribution in [0, 0.1) is 5.92 Å². The third-order valence-electron chi connectivity index (χ3n) is 6.12. The van der Waals surface area contributed by atoms with Crippen molar-refractivity contribution < 1.29 is 9.53 Å². The number of nitrogens with zero attached hydrogens (tertiary/aromatic N) is 6. The van der Waals surface area contributed by atoms with E-state index in [0.29, 0.717) is 19.0 Å². The molecule has 0 saturated carbocycles. The van der Waals surface area contributed by atoms with Crippen LogP contribution >= 0.6 is 0 Å². The van der Waals surface area contributed by atoms with Gasteiger partial charge in [-0.2, -0.15) is 0 Å². The van der Waals surface area contributed by atoms with Crippen LogP contribution in [0.2, 0.25) is 0 Å². The maximum absolute atomic E-state index is 12.5. The highest BCUT2D eigenvalue weighted by atomic mass is 16.5. The van der Waals surface area contributed by atoms with Gasteiger partial charge < -0.3 is 15.0 Å². The first-order valence-electron chi connectivity index (χ1n) is 11.3. The van der Waals surface area contributed by atoms with Crippen molar-refractivity contribution in [2.24, 2.45) is 5.92 Å². The molecule has 1 aromatic heterocycles. The fraction of sp³-hybridized carbons (Fsp3) is 0.636. The number of carbonyl (C=O) groups excluding carboxylic acids is 1. The van der Waals surface area contributed by atoms with Gasteiger partial charge in [-0.15, -0.1) is 5.10 Å². The molecular formula is C22H33N7O2. The average Bonchev–Trinajstić information content (AvgIpc) is 3.24. The molecule has 2 aliphatic heterocycles. The van der Waals surface area contributed by atoms with Crippen molar-refractivity contribution in [1.82, 2.24) is 35.3 Å². The SMILES string of the molecule is O=C(Cn1nnnc1CN1CCOCC1)NCC1CCCN(CCc2ccccc2)C1. The van der Waals surface area contributed by atoms with Crippen LogP contribution in [0.1, 0.15) is 24.2 Å². The third-order valence-corrected chi connectivity index (χ3v) is 6.12. The maximum atomic E-state index is 12.5. The second-order valence-corrected chi connectivity index (χ2v) is 8.49. The molecular weight excluding hydrogens is 394 g/mol. The fourth-order valence-corrected chi connectivity index (χ4v) is 4.32. The molecule has 1 N–H and O–H groups in total. The zero-order chi connectivity index (χ0) is 21.3. The molecule has 1 amide bonds. The lowest BCUT2D eigenvalue weighted by atomic mass is 9.97. The first-order chi connectivity index (χ1) is 15.3. The number of piperidine rings is 1. The molecule has 0 bridgehead atoms. The van der Waals surface area contributed by atoms with E-state index in [0.717, 1.165) is 64.6 Å². The van der Waals surface area contributed by atoms with Gasteiger partial charge >= 0.3 is 0 Å². The molecule has 2 aliphatic rings. The summed E-state index contributed by atoms with van der Waals surface area (Å²) in [6.07, 6.45) is 3.42. The molecule has 0 radical (unpaired) electrons. The number of tetrazole rings is 1. The van der Waals surface area contributed by atoms with Crippen LogP contribution in [0.25, 0.3) is 0 Å². The number of carbonyl (C=O) groups is 1. The smallest absolute Gasteiger partial charge is 0.241 e. The number of amides is 1. The van der Waals surface area contributed by atoms with Gasteiger partial charge in [0.1, 0.15) is 6.54 Å². The number of morpholine rings is 1. The first kappa shape index (κ1) is 21.9. The number of likely N-dealkylation sites (tertiary alicyclic amines) is 1. The molecule has 2 fully saturated rings. The van der Waals surface area contributed by atoms with E-state index in [2.05, 4.69) is 61.0 Å². The number of nitrogens with one attached hydrogen (secondary N) is 1. The average molecular weight is 428 g/mol. The minimum Gasteiger partial charge on any atom is -0.379 e. The highest BCUT2D eigenvalue weighted by molar-refractivity contribution is 5.75. The summed E-state index contributed by atoms with van der Waals surface area (Å²) < 4.78 is 6.99. The van der Waals surface area contributed by atoms with Gasteiger partial charge in [0.15, 0.2) is 5.82 Å². The number of aromatic nitrogens is 4. The standard InChI is InChI=1S/C22H33N7O2/c30-22(18-29-21(24-25-26-29)17-28-11-13-31-14-12-28)23-15-20-7-4-9-27(16-20)10-8-19-5-2-1-3-6-19/h1-3,5-6,20H,4,7-18H2,(H,23,30). The molecule has 0 spiro atoms. The molecule has 2 aromatic rings. The van der Waals surface area contributed by atoms with Crippen molar-refractivity contribution in [2.75, 3.05) is 52.5 Å². The van der Waals surface area contributed by atoms with E-state index in [4.69, 9.17) is 4.74 Å². The molecule has 1 aromatic carbocycles. The van der Waals surface area contributed by atoms with Gasteiger partial charge in [0.05, 0.1) is 19.8 Å². The van der Waals surface area contributed by atoms with Crippen molar-refractivity contribution >= 4 is 5.91 Å². The van der Waals surface area contributed by atoms with Crippen molar-refractivity contribution in [1.29, 1.82) is 0 Å². The zero-order valence-electron chi connectivity index (χ0n) is 18.2. The Morgan fingerprint density at radius 2 is 1.97 bits per heavy atom. The topological polar surface area (TPSA) is 88.4 Å². The van der Waals surface area contributed by atoms with Crippen LogP contribution in [0.3, 0.4) is 0 Å². The minimum atomic E-state index is -0.0306. The molecule has 31 heavy (non-hydrogen) atoms. The Morgan fingerprint density at radius 1 is 1.13 bits per heavy atom. The van der Waals surface area contributed by atoms with E-state index in [-0.39, 0.29) is 12.5 Å². The van der Waals surface area contributed by atoms with Gasteiger partial charge in [0, 0.05) is 32.7 Å². The van der Waals surface area contributed by atoms with Gasteiger partial charge in [0.25, 0.3) is 0 Å². The van der Waals surface area contributed by atoms with Gasteiger partial charge in [-0.05, 0) is 47.7 Å². The lowest BCUT2D eigenvalue weighted by molar-refractivity contribution is -0.122. The Hall–Kier alpha value is -2.36. The Labute approximate surface area is 183 Å². The summed E-state index contributed by atoms with van der Waals surface area (Å²) in [7, 11) is 0. The summed E-state index contributed by atoms with van der Waals surface area (Å²) in [4.78, 5) is 17.3. The minimum absolute atomic E-state index is 0.0306. The van der Waals surface area contributed by atoms with Crippen molar-refractivity contribution in [3.8, 4) is 0 Å². The Morgan fingerprint density at radius 3 is 2.81 bits per heavy atom. The number of hydrogen-bond donors (Lipinski definition) is 1. The molecule has 1 atom stereocenters. The van der Waals surface area contributed by atoms with Crippen molar-refractivity contribution in [3.63, 3.8) is 0 Å². The molecule has 3 heterocycles. The van der Waals surface area contributed by atoms with Crippen molar-refractivity contribution in [3.05, 3.63) is 41.7 Å². The lowest BCUT2D eigenvalue weighted by Gasteiger charge is -2.32. The molecule has 4 rings (SSSR count). The summed E-state index contributed by atoms with van der Waals surface area (Å²) in [6.45, 7) is 7.96. The maximum Gasteiger partial charge on any atom is 0.241 e. The zero-order valence-corrected chi connectivity index (χ0v) is 18.2. The summed E-state index contributed by atoms with van der Waals surface area (Å²) >= 11 is 0. The van der Waals surface area contributed by atoms with E-state index in [1.165, 1.54) is 12.0 Å². The lowest BCUT2D eigenvalue weighted by Crippen LogP contribution is -2.42. The number of benzene rings is 1. The predicted molar refractivity (Wildman–Crippen MR) is 116 cm³/mol. The van der Waals surface area contributed by atoms with E-state index < -0.39 is 0 Å². The van der Waals surface area contributed by atoms with Gasteiger partial charge in [-0.1, -0.05) is 30.3 Å². The van der Waals surface area contributed by atoms with Crippen LogP contribution in [0.4, 0.5) is 0 Å². The molecule has 1 unspecified atom stereocenters. The predicted octanol–water partition coefficient (Wildman–Crippen LogP) is 0.576. The van der Waals surface area contributed by atoms with E-state index in [9.17, 15) is 4.79 Å². The third kappa shape index (κ3) is 6.81. The largest absolute Gasteiger partial charge is 0.379 e. The molecule has 0 aliphatic carbocycles. The Bertz CT molecular complexity index is 807. The van der Waals surface area contributed by atoms with Crippen LogP contribution in [-0.4, -0.2) is 88.4 Å². The first-order valence-corrected chi connectivity index (χ1v) is 11.3. The Balaban J connectivity index is 1.19. The Kier molecular flexibility index (Phi) is 7.98.